The van der Waals surface area contributed by atoms with Gasteiger partial charge in [-0.25, -0.2) is 4.98 Å². The first kappa shape index (κ1) is 9.98. The second kappa shape index (κ2) is 4.31. The molecule has 0 bridgehead atoms. The van der Waals surface area contributed by atoms with E-state index in [2.05, 4.69) is 15.3 Å². The summed E-state index contributed by atoms with van der Waals surface area (Å²) in [7, 11) is 3.60. The number of H-pyrrole nitrogens is 1. The Balaban J connectivity index is 2.37. The van der Waals surface area contributed by atoms with Crippen molar-refractivity contribution < 1.29 is 4.74 Å². The van der Waals surface area contributed by atoms with Crippen LogP contribution in [-0.4, -0.2) is 30.7 Å². The minimum atomic E-state index is 0.819. The molecule has 0 amide bonds. The molecule has 1 heterocycles. The molecule has 1 aromatic heterocycles. The molecule has 0 fully saturated rings. The molecule has 0 unspecified atom stereocenters. The molecule has 0 aliphatic carbocycles. The summed E-state index contributed by atoms with van der Waals surface area (Å²) in [6, 6.07) is 5.89. The van der Waals surface area contributed by atoms with Crippen molar-refractivity contribution in [2.45, 2.75) is 6.42 Å². The van der Waals surface area contributed by atoms with E-state index in [1.54, 1.807) is 7.11 Å². The third kappa shape index (κ3) is 1.94. The third-order valence-electron chi connectivity index (χ3n) is 2.36. The van der Waals surface area contributed by atoms with Gasteiger partial charge in [0.15, 0.2) is 0 Å². The smallest absolute Gasteiger partial charge is 0.146 e. The summed E-state index contributed by atoms with van der Waals surface area (Å²) in [5, 5.41) is 3.10. The van der Waals surface area contributed by atoms with Crippen LogP contribution in [0.3, 0.4) is 0 Å². The lowest BCUT2D eigenvalue weighted by Gasteiger charge is -1.97. The van der Waals surface area contributed by atoms with E-state index in [0.717, 1.165) is 35.6 Å². The van der Waals surface area contributed by atoms with Crippen molar-refractivity contribution in [2.75, 3.05) is 20.7 Å². The molecule has 0 aliphatic rings. The number of rotatable bonds is 4. The molecule has 4 heteroatoms. The second-order valence-corrected chi connectivity index (χ2v) is 3.39. The predicted molar refractivity (Wildman–Crippen MR) is 60.3 cm³/mol. The van der Waals surface area contributed by atoms with Crippen molar-refractivity contribution >= 4 is 11.0 Å². The van der Waals surface area contributed by atoms with Crippen LogP contribution in [0.15, 0.2) is 18.2 Å². The second-order valence-electron chi connectivity index (χ2n) is 3.39. The molecule has 2 aromatic rings. The summed E-state index contributed by atoms with van der Waals surface area (Å²) in [5.74, 6) is 1.81. The van der Waals surface area contributed by atoms with Gasteiger partial charge in [0.25, 0.3) is 0 Å². The Morgan fingerprint density at radius 1 is 1.47 bits per heavy atom. The van der Waals surface area contributed by atoms with Gasteiger partial charge in [0, 0.05) is 13.0 Å². The average molecular weight is 205 g/mol. The number of imidazole rings is 1. The Kier molecular flexibility index (Phi) is 2.87. The number of nitrogens with one attached hydrogen (secondary N) is 2. The number of likely N-dealkylation sites (N-methyl/N-ethyl adjacent to an activating group) is 1. The third-order valence-corrected chi connectivity index (χ3v) is 2.36. The number of aromatic nitrogens is 2. The fourth-order valence-electron chi connectivity index (χ4n) is 1.58. The lowest BCUT2D eigenvalue weighted by Crippen LogP contribution is -2.10. The van der Waals surface area contributed by atoms with Gasteiger partial charge in [-0.3, -0.25) is 0 Å². The summed E-state index contributed by atoms with van der Waals surface area (Å²) in [6.45, 7) is 0.919. The van der Waals surface area contributed by atoms with Crippen molar-refractivity contribution in [3.63, 3.8) is 0 Å². The SMILES string of the molecule is CNCCc1nc2c(OC)cccc2[nH]1. The summed E-state index contributed by atoms with van der Waals surface area (Å²) in [5.41, 5.74) is 1.94. The van der Waals surface area contributed by atoms with E-state index in [4.69, 9.17) is 4.74 Å². The summed E-state index contributed by atoms with van der Waals surface area (Å²) in [4.78, 5) is 7.77. The Bertz CT molecular complexity index is 450. The van der Waals surface area contributed by atoms with E-state index in [-0.39, 0.29) is 0 Å². The number of hydrogen-bond donors (Lipinski definition) is 2. The summed E-state index contributed by atoms with van der Waals surface area (Å²) < 4.78 is 5.25. The molecule has 0 saturated heterocycles. The molecule has 0 aliphatic heterocycles. The molecule has 0 saturated carbocycles. The molecule has 0 spiro atoms. The number of hydrogen-bond acceptors (Lipinski definition) is 3. The quantitative estimate of drug-likeness (QED) is 0.791. The highest BCUT2D eigenvalue weighted by molar-refractivity contribution is 5.81. The van der Waals surface area contributed by atoms with E-state index in [9.17, 15) is 0 Å². The van der Waals surface area contributed by atoms with Gasteiger partial charge in [-0.2, -0.15) is 0 Å². The van der Waals surface area contributed by atoms with Crippen molar-refractivity contribution in [1.29, 1.82) is 0 Å². The standard InChI is InChI=1S/C11H15N3O/c1-12-7-6-10-13-8-4-3-5-9(15-2)11(8)14-10/h3-5,12H,6-7H2,1-2H3,(H,13,14). The Hall–Kier alpha value is -1.55. The van der Waals surface area contributed by atoms with E-state index >= 15 is 0 Å². The number of aromatic amines is 1. The molecule has 2 N–H and O–H groups in total. The van der Waals surface area contributed by atoms with Crippen LogP contribution in [0, 0.1) is 0 Å². The molecular formula is C11H15N3O. The number of fused-ring (bicyclic) bond motifs is 1. The molecule has 15 heavy (non-hydrogen) atoms. The number of benzene rings is 1. The normalized spacial score (nSPS) is 10.8. The van der Waals surface area contributed by atoms with Gasteiger partial charge in [0.2, 0.25) is 0 Å². The Morgan fingerprint density at radius 2 is 2.33 bits per heavy atom. The fraction of sp³-hybridized carbons (Fsp3) is 0.364. The van der Waals surface area contributed by atoms with Gasteiger partial charge in [-0.15, -0.1) is 0 Å². The first-order chi connectivity index (χ1) is 7.35. The molecule has 1 aromatic carbocycles. The average Bonchev–Trinajstić information content (AvgIpc) is 2.68. The molecule has 2 rings (SSSR count). The minimum Gasteiger partial charge on any atom is -0.494 e. The van der Waals surface area contributed by atoms with Crippen LogP contribution in [0.5, 0.6) is 5.75 Å². The van der Waals surface area contributed by atoms with Gasteiger partial charge in [0.1, 0.15) is 17.1 Å². The van der Waals surface area contributed by atoms with E-state index < -0.39 is 0 Å². The zero-order chi connectivity index (χ0) is 10.7. The summed E-state index contributed by atoms with van der Waals surface area (Å²) >= 11 is 0. The lowest BCUT2D eigenvalue weighted by molar-refractivity contribution is 0.419. The van der Waals surface area contributed by atoms with E-state index in [1.807, 2.05) is 25.2 Å². The fourth-order valence-corrected chi connectivity index (χ4v) is 1.58. The summed E-state index contributed by atoms with van der Waals surface area (Å²) in [6.07, 6.45) is 0.897. The predicted octanol–water partition coefficient (Wildman–Crippen LogP) is 1.33. The van der Waals surface area contributed by atoms with E-state index in [0.29, 0.717) is 0 Å². The van der Waals surface area contributed by atoms with Crippen molar-refractivity contribution in [1.82, 2.24) is 15.3 Å². The van der Waals surface area contributed by atoms with Crippen LogP contribution in [0.25, 0.3) is 11.0 Å². The van der Waals surface area contributed by atoms with Crippen LogP contribution in [0.1, 0.15) is 5.82 Å². The first-order valence-electron chi connectivity index (χ1n) is 5.01. The van der Waals surface area contributed by atoms with Crippen molar-refractivity contribution in [3.8, 4) is 5.75 Å². The number of nitrogens with zero attached hydrogens (tertiary/aromatic N) is 1. The Labute approximate surface area is 88.7 Å². The largest absolute Gasteiger partial charge is 0.494 e. The van der Waals surface area contributed by atoms with Crippen LogP contribution in [0.4, 0.5) is 0 Å². The highest BCUT2D eigenvalue weighted by Gasteiger charge is 2.06. The topological polar surface area (TPSA) is 49.9 Å². The van der Waals surface area contributed by atoms with Crippen LogP contribution in [0.2, 0.25) is 0 Å². The number of ether oxygens (including phenoxy) is 1. The monoisotopic (exact) mass is 205 g/mol. The molecular weight excluding hydrogens is 190 g/mol. The molecule has 0 radical (unpaired) electrons. The van der Waals surface area contributed by atoms with Gasteiger partial charge < -0.3 is 15.0 Å². The minimum absolute atomic E-state index is 0.819. The zero-order valence-electron chi connectivity index (χ0n) is 9.00. The number of methoxy groups -OCH3 is 1. The lowest BCUT2D eigenvalue weighted by atomic mass is 10.3. The zero-order valence-corrected chi connectivity index (χ0v) is 9.00. The number of para-hydroxylation sites is 1. The maximum Gasteiger partial charge on any atom is 0.146 e. The maximum absolute atomic E-state index is 5.25. The van der Waals surface area contributed by atoms with Gasteiger partial charge >= 0.3 is 0 Å². The highest BCUT2D eigenvalue weighted by Crippen LogP contribution is 2.22. The Morgan fingerprint density at radius 3 is 3.07 bits per heavy atom. The highest BCUT2D eigenvalue weighted by atomic mass is 16.5. The van der Waals surface area contributed by atoms with Crippen molar-refractivity contribution in [2.24, 2.45) is 0 Å². The van der Waals surface area contributed by atoms with E-state index in [1.165, 1.54) is 0 Å². The van der Waals surface area contributed by atoms with Gasteiger partial charge in [-0.1, -0.05) is 6.07 Å². The van der Waals surface area contributed by atoms with Crippen LogP contribution < -0.4 is 10.1 Å². The van der Waals surface area contributed by atoms with Crippen LogP contribution in [-0.2, 0) is 6.42 Å². The van der Waals surface area contributed by atoms with Gasteiger partial charge in [-0.05, 0) is 19.2 Å². The maximum atomic E-state index is 5.25. The molecule has 4 nitrogen and oxygen atoms in total. The van der Waals surface area contributed by atoms with Gasteiger partial charge in [0.05, 0.1) is 12.6 Å². The van der Waals surface area contributed by atoms with Crippen LogP contribution >= 0.6 is 0 Å². The van der Waals surface area contributed by atoms with Crippen molar-refractivity contribution in [3.05, 3.63) is 24.0 Å². The first-order valence-corrected chi connectivity index (χ1v) is 5.01. The molecule has 80 valence electrons. The molecule has 0 atom stereocenters.